The molecule has 0 saturated heterocycles. The Morgan fingerprint density at radius 2 is 1.83 bits per heavy atom. The van der Waals surface area contributed by atoms with Gasteiger partial charge < -0.3 is 14.8 Å². The fraction of sp³-hybridized carbons (Fsp3) is 0.316. The Morgan fingerprint density at radius 1 is 1.12 bits per heavy atom. The Balaban J connectivity index is 1.55. The number of aryl methyl sites for hydroxylation is 1. The van der Waals surface area contributed by atoms with Gasteiger partial charge in [-0.05, 0) is 43.7 Å². The monoisotopic (exact) mass is 343 g/mol. The van der Waals surface area contributed by atoms with Crippen LogP contribution in [0.4, 0.5) is 0 Å². The minimum absolute atomic E-state index is 0.0166. The van der Waals surface area contributed by atoms with E-state index < -0.39 is 0 Å². The Morgan fingerprint density at radius 3 is 2.58 bits per heavy atom. The summed E-state index contributed by atoms with van der Waals surface area (Å²) >= 11 is 1.54. The number of benzene rings is 2. The molecule has 2 aromatic rings. The first-order valence-corrected chi connectivity index (χ1v) is 8.99. The molecule has 2 aromatic carbocycles. The summed E-state index contributed by atoms with van der Waals surface area (Å²) in [5, 5.41) is 3.03. The quantitative estimate of drug-likeness (QED) is 0.840. The van der Waals surface area contributed by atoms with Crippen molar-refractivity contribution in [1.82, 2.24) is 5.32 Å². The molecule has 1 atom stereocenters. The zero-order valence-corrected chi connectivity index (χ0v) is 14.7. The van der Waals surface area contributed by atoms with Crippen LogP contribution >= 0.6 is 11.8 Å². The van der Waals surface area contributed by atoms with Gasteiger partial charge in [0.25, 0.3) is 0 Å². The highest BCUT2D eigenvalue weighted by atomic mass is 32.2. The number of thioether (sulfide) groups is 1. The molecule has 3 rings (SSSR count). The maximum atomic E-state index is 12.2. The number of hydrogen-bond donors (Lipinski definition) is 1. The molecule has 5 heteroatoms. The molecule has 1 aliphatic heterocycles. The van der Waals surface area contributed by atoms with Gasteiger partial charge in [-0.1, -0.05) is 23.8 Å². The fourth-order valence-corrected chi connectivity index (χ4v) is 3.19. The first-order valence-electron chi connectivity index (χ1n) is 8.00. The van der Waals surface area contributed by atoms with Crippen molar-refractivity contribution in [2.75, 3.05) is 19.0 Å². The highest BCUT2D eigenvalue weighted by molar-refractivity contribution is 8.00. The van der Waals surface area contributed by atoms with Crippen molar-refractivity contribution in [3.05, 3.63) is 53.6 Å². The van der Waals surface area contributed by atoms with Gasteiger partial charge in [0.2, 0.25) is 5.91 Å². The van der Waals surface area contributed by atoms with Crippen LogP contribution in [0.25, 0.3) is 0 Å². The average Bonchev–Trinajstić information content (AvgIpc) is 2.61. The Hall–Kier alpha value is -2.14. The maximum Gasteiger partial charge on any atom is 0.230 e. The third-order valence-corrected chi connectivity index (χ3v) is 4.85. The number of hydrogen-bond acceptors (Lipinski definition) is 4. The van der Waals surface area contributed by atoms with Gasteiger partial charge in [-0.15, -0.1) is 11.8 Å². The molecule has 4 nitrogen and oxygen atoms in total. The second-order valence-corrected chi connectivity index (χ2v) is 6.84. The fourth-order valence-electron chi connectivity index (χ4n) is 2.48. The third kappa shape index (κ3) is 4.23. The van der Waals surface area contributed by atoms with Gasteiger partial charge in [-0.3, -0.25) is 4.79 Å². The van der Waals surface area contributed by atoms with E-state index in [1.165, 1.54) is 5.56 Å². The molecule has 126 valence electrons. The molecule has 0 unspecified atom stereocenters. The lowest BCUT2D eigenvalue weighted by Crippen LogP contribution is -2.28. The SMILES string of the molecule is Cc1ccc(SCC(=O)N[C@@H](C)c2ccc3c(c2)OCCO3)cc1. The number of amides is 1. The zero-order chi connectivity index (χ0) is 16.9. The first-order chi connectivity index (χ1) is 11.6. The van der Waals surface area contributed by atoms with Crippen molar-refractivity contribution in [3.8, 4) is 11.5 Å². The lowest BCUT2D eigenvalue weighted by Gasteiger charge is -2.21. The molecule has 24 heavy (non-hydrogen) atoms. The minimum Gasteiger partial charge on any atom is -0.486 e. The van der Waals surface area contributed by atoms with Crippen molar-refractivity contribution < 1.29 is 14.3 Å². The average molecular weight is 343 g/mol. The summed E-state index contributed by atoms with van der Waals surface area (Å²) in [6.45, 7) is 5.16. The molecule has 0 aliphatic carbocycles. The van der Waals surface area contributed by atoms with Crippen molar-refractivity contribution >= 4 is 17.7 Å². The largest absolute Gasteiger partial charge is 0.486 e. The number of carbonyl (C=O) groups is 1. The van der Waals surface area contributed by atoms with Gasteiger partial charge >= 0.3 is 0 Å². The molecule has 0 spiro atoms. The second-order valence-electron chi connectivity index (χ2n) is 5.79. The van der Waals surface area contributed by atoms with Gasteiger partial charge in [-0.2, -0.15) is 0 Å². The van der Waals surface area contributed by atoms with Crippen LogP contribution in [0.1, 0.15) is 24.1 Å². The van der Waals surface area contributed by atoms with Crippen LogP contribution < -0.4 is 14.8 Å². The minimum atomic E-state index is -0.0769. The summed E-state index contributed by atoms with van der Waals surface area (Å²) < 4.78 is 11.1. The van der Waals surface area contributed by atoms with E-state index in [0.29, 0.717) is 19.0 Å². The van der Waals surface area contributed by atoms with Gasteiger partial charge in [0.15, 0.2) is 11.5 Å². The summed E-state index contributed by atoms with van der Waals surface area (Å²) in [6, 6.07) is 13.9. The van der Waals surface area contributed by atoms with Crippen molar-refractivity contribution in [3.63, 3.8) is 0 Å². The number of carbonyl (C=O) groups excluding carboxylic acids is 1. The Labute approximate surface area is 146 Å². The Kier molecular flexibility index (Phi) is 5.30. The second kappa shape index (κ2) is 7.62. The summed E-state index contributed by atoms with van der Waals surface area (Å²) in [6.07, 6.45) is 0. The van der Waals surface area contributed by atoms with Gasteiger partial charge in [0.05, 0.1) is 11.8 Å². The summed E-state index contributed by atoms with van der Waals surface area (Å²) in [5.74, 6) is 1.92. The predicted molar refractivity (Wildman–Crippen MR) is 95.9 cm³/mol. The van der Waals surface area contributed by atoms with E-state index >= 15 is 0 Å². The van der Waals surface area contributed by atoms with Crippen molar-refractivity contribution in [2.24, 2.45) is 0 Å². The van der Waals surface area contributed by atoms with E-state index in [-0.39, 0.29) is 11.9 Å². The van der Waals surface area contributed by atoms with Gasteiger partial charge in [0, 0.05) is 4.90 Å². The molecular formula is C19H21NO3S. The van der Waals surface area contributed by atoms with E-state index in [1.807, 2.05) is 37.3 Å². The third-order valence-electron chi connectivity index (χ3n) is 3.83. The summed E-state index contributed by atoms with van der Waals surface area (Å²) in [7, 11) is 0. The van der Waals surface area contributed by atoms with Crippen LogP contribution in [-0.2, 0) is 4.79 Å². The molecule has 0 bridgehead atoms. The molecule has 0 saturated carbocycles. The normalized spacial score (nSPS) is 14.1. The van der Waals surface area contributed by atoms with Crippen LogP contribution in [0.2, 0.25) is 0 Å². The number of nitrogens with one attached hydrogen (secondary N) is 1. The number of rotatable bonds is 5. The smallest absolute Gasteiger partial charge is 0.230 e. The van der Waals surface area contributed by atoms with Crippen LogP contribution in [0, 0.1) is 6.92 Å². The maximum absolute atomic E-state index is 12.2. The van der Waals surface area contributed by atoms with Crippen LogP contribution in [-0.4, -0.2) is 24.9 Å². The molecular weight excluding hydrogens is 322 g/mol. The van der Waals surface area contributed by atoms with Crippen molar-refractivity contribution in [1.29, 1.82) is 0 Å². The first kappa shape index (κ1) is 16.7. The van der Waals surface area contributed by atoms with E-state index in [0.717, 1.165) is 22.0 Å². The Bertz CT molecular complexity index is 715. The summed E-state index contributed by atoms with van der Waals surface area (Å²) in [5.41, 5.74) is 2.23. The molecule has 1 aliphatic rings. The highest BCUT2D eigenvalue weighted by Gasteiger charge is 2.15. The molecule has 1 amide bonds. The molecule has 0 aromatic heterocycles. The molecule has 0 radical (unpaired) electrons. The highest BCUT2D eigenvalue weighted by Crippen LogP contribution is 2.32. The molecule has 1 heterocycles. The van der Waals surface area contributed by atoms with E-state index in [1.54, 1.807) is 11.8 Å². The standard InChI is InChI=1S/C19H21NO3S/c1-13-3-6-16(7-4-13)24-12-19(21)20-14(2)15-5-8-17-18(11-15)23-10-9-22-17/h3-8,11,14H,9-10,12H2,1-2H3,(H,20,21)/t14-/m0/s1. The number of fused-ring (bicyclic) bond motifs is 1. The van der Waals surface area contributed by atoms with Crippen LogP contribution in [0.5, 0.6) is 11.5 Å². The molecule has 1 N–H and O–H groups in total. The van der Waals surface area contributed by atoms with Crippen LogP contribution in [0.3, 0.4) is 0 Å². The summed E-state index contributed by atoms with van der Waals surface area (Å²) in [4.78, 5) is 13.3. The number of ether oxygens (including phenoxy) is 2. The van der Waals surface area contributed by atoms with Gasteiger partial charge in [-0.25, -0.2) is 0 Å². The van der Waals surface area contributed by atoms with Crippen LogP contribution in [0.15, 0.2) is 47.4 Å². The predicted octanol–water partition coefficient (Wildman–Crippen LogP) is 3.74. The topological polar surface area (TPSA) is 47.6 Å². The molecule has 0 fully saturated rings. The lowest BCUT2D eigenvalue weighted by molar-refractivity contribution is -0.119. The zero-order valence-electron chi connectivity index (χ0n) is 13.9. The van der Waals surface area contributed by atoms with Gasteiger partial charge in [0.1, 0.15) is 13.2 Å². The van der Waals surface area contributed by atoms with E-state index in [2.05, 4.69) is 24.4 Å². The lowest BCUT2D eigenvalue weighted by atomic mass is 10.1. The van der Waals surface area contributed by atoms with E-state index in [9.17, 15) is 4.79 Å². The van der Waals surface area contributed by atoms with Crippen molar-refractivity contribution in [2.45, 2.75) is 24.8 Å². The van der Waals surface area contributed by atoms with E-state index in [4.69, 9.17) is 9.47 Å².